The van der Waals surface area contributed by atoms with Gasteiger partial charge in [-0.3, -0.25) is 9.48 Å². The molecule has 1 fully saturated rings. The summed E-state index contributed by atoms with van der Waals surface area (Å²) in [6.07, 6.45) is 5.07. The van der Waals surface area contributed by atoms with E-state index in [4.69, 9.17) is 0 Å². The minimum Gasteiger partial charge on any atom is -0.396 e. The Labute approximate surface area is 132 Å². The van der Waals surface area contributed by atoms with Crippen molar-refractivity contribution in [1.29, 1.82) is 0 Å². The lowest BCUT2D eigenvalue weighted by atomic mass is 9.99. The Hall–Kier alpha value is -1.40. The zero-order chi connectivity index (χ0) is 15.9. The molecule has 1 aromatic rings. The van der Waals surface area contributed by atoms with Crippen LogP contribution < -0.4 is 5.32 Å². The molecule has 0 aliphatic carbocycles. The van der Waals surface area contributed by atoms with E-state index in [1.807, 2.05) is 17.8 Å². The number of aliphatic hydroxyl groups excluding tert-OH is 1. The highest BCUT2D eigenvalue weighted by molar-refractivity contribution is 5.94. The molecule has 124 valence electrons. The first-order valence-corrected chi connectivity index (χ1v) is 8.29. The molecule has 1 saturated heterocycles. The van der Waals surface area contributed by atoms with Crippen molar-refractivity contribution < 1.29 is 9.90 Å². The average molecular weight is 308 g/mol. The number of likely N-dealkylation sites (tertiary alicyclic amines) is 1. The van der Waals surface area contributed by atoms with E-state index in [1.165, 1.54) is 0 Å². The number of hydrogen-bond acceptors (Lipinski definition) is 4. The molecule has 6 nitrogen and oxygen atoms in total. The molecule has 0 bridgehead atoms. The van der Waals surface area contributed by atoms with E-state index in [1.54, 1.807) is 0 Å². The Morgan fingerprint density at radius 1 is 1.50 bits per heavy atom. The molecular formula is C16H28N4O2. The Kier molecular flexibility index (Phi) is 6.39. The molecule has 1 aliphatic rings. The number of rotatable bonds is 7. The molecule has 1 aromatic heterocycles. The van der Waals surface area contributed by atoms with Crippen LogP contribution in [0, 0.1) is 12.8 Å². The predicted molar refractivity (Wildman–Crippen MR) is 85.8 cm³/mol. The van der Waals surface area contributed by atoms with Gasteiger partial charge in [0, 0.05) is 39.0 Å². The summed E-state index contributed by atoms with van der Waals surface area (Å²) in [7, 11) is 0. The van der Waals surface area contributed by atoms with Gasteiger partial charge in [0.05, 0.1) is 11.3 Å². The van der Waals surface area contributed by atoms with Crippen LogP contribution in [0.1, 0.15) is 42.2 Å². The first-order valence-electron chi connectivity index (χ1n) is 8.29. The Balaban J connectivity index is 1.78. The quantitative estimate of drug-likeness (QED) is 0.789. The van der Waals surface area contributed by atoms with E-state index in [9.17, 15) is 9.90 Å². The fourth-order valence-electron chi connectivity index (χ4n) is 3.01. The minimum atomic E-state index is -0.0458. The number of piperidine rings is 1. The summed E-state index contributed by atoms with van der Waals surface area (Å²) >= 11 is 0. The number of aliphatic hydroxyl groups is 1. The van der Waals surface area contributed by atoms with E-state index in [2.05, 4.69) is 22.2 Å². The lowest BCUT2D eigenvalue weighted by molar-refractivity contribution is 0.0930. The smallest absolute Gasteiger partial charge is 0.254 e. The summed E-state index contributed by atoms with van der Waals surface area (Å²) < 4.78 is 1.83. The largest absolute Gasteiger partial charge is 0.396 e. The fourth-order valence-corrected chi connectivity index (χ4v) is 3.01. The summed E-state index contributed by atoms with van der Waals surface area (Å²) in [5.41, 5.74) is 1.45. The lowest BCUT2D eigenvalue weighted by Gasteiger charge is -2.31. The molecule has 0 saturated carbocycles. The van der Waals surface area contributed by atoms with Gasteiger partial charge in [0.1, 0.15) is 0 Å². The summed E-state index contributed by atoms with van der Waals surface area (Å²) in [4.78, 5) is 14.5. The molecule has 2 rings (SSSR count). The molecule has 2 N–H and O–H groups in total. The first-order chi connectivity index (χ1) is 10.6. The Morgan fingerprint density at radius 3 is 3.05 bits per heavy atom. The molecule has 1 unspecified atom stereocenters. The molecule has 0 spiro atoms. The van der Waals surface area contributed by atoms with E-state index in [0.717, 1.165) is 51.1 Å². The minimum absolute atomic E-state index is 0.0458. The molecule has 1 aliphatic heterocycles. The van der Waals surface area contributed by atoms with Gasteiger partial charge in [-0.2, -0.15) is 5.10 Å². The standard InChI is InChI=1S/C16H28N4O2/c1-3-7-20-11-15(13(2)18-20)16(22)17-6-9-19-8-4-5-14(10-19)12-21/h11,14,21H,3-10,12H2,1-2H3,(H,17,22). The third kappa shape index (κ3) is 4.55. The zero-order valence-corrected chi connectivity index (χ0v) is 13.7. The third-order valence-electron chi connectivity index (χ3n) is 4.22. The van der Waals surface area contributed by atoms with Crippen LogP contribution in [0.15, 0.2) is 6.20 Å². The number of nitrogens with one attached hydrogen (secondary N) is 1. The SMILES string of the molecule is CCCn1cc(C(=O)NCCN2CCCC(CO)C2)c(C)n1. The fraction of sp³-hybridized carbons (Fsp3) is 0.750. The summed E-state index contributed by atoms with van der Waals surface area (Å²) in [6, 6.07) is 0. The molecule has 6 heteroatoms. The Bertz CT molecular complexity index is 486. The normalized spacial score (nSPS) is 19.3. The van der Waals surface area contributed by atoms with Crippen LogP contribution in [-0.2, 0) is 6.54 Å². The van der Waals surface area contributed by atoms with Crippen molar-refractivity contribution in [2.75, 3.05) is 32.8 Å². The van der Waals surface area contributed by atoms with Gasteiger partial charge in [-0.25, -0.2) is 0 Å². The van der Waals surface area contributed by atoms with E-state index >= 15 is 0 Å². The van der Waals surface area contributed by atoms with Crippen LogP contribution in [0.3, 0.4) is 0 Å². The number of nitrogens with zero attached hydrogens (tertiary/aromatic N) is 3. The number of amides is 1. The van der Waals surface area contributed by atoms with Crippen LogP contribution in [0.4, 0.5) is 0 Å². The topological polar surface area (TPSA) is 70.4 Å². The van der Waals surface area contributed by atoms with E-state index in [0.29, 0.717) is 18.0 Å². The summed E-state index contributed by atoms with van der Waals surface area (Å²) in [5.74, 6) is 0.342. The maximum atomic E-state index is 12.2. The number of carbonyl (C=O) groups excluding carboxylic acids is 1. The van der Waals surface area contributed by atoms with Crippen LogP contribution in [0.25, 0.3) is 0 Å². The van der Waals surface area contributed by atoms with Crippen molar-refractivity contribution in [3.63, 3.8) is 0 Å². The summed E-state index contributed by atoms with van der Waals surface area (Å²) in [5, 5.41) is 16.6. The maximum Gasteiger partial charge on any atom is 0.254 e. The molecule has 0 aromatic carbocycles. The van der Waals surface area contributed by atoms with Crippen LogP contribution in [-0.4, -0.2) is 58.5 Å². The highest BCUT2D eigenvalue weighted by atomic mass is 16.3. The van der Waals surface area contributed by atoms with Gasteiger partial charge in [-0.05, 0) is 38.6 Å². The van der Waals surface area contributed by atoms with Crippen molar-refractivity contribution >= 4 is 5.91 Å². The van der Waals surface area contributed by atoms with Gasteiger partial charge < -0.3 is 15.3 Å². The number of aryl methyl sites for hydroxylation is 2. The molecule has 1 atom stereocenters. The monoisotopic (exact) mass is 308 g/mol. The van der Waals surface area contributed by atoms with Crippen molar-refractivity contribution in [2.45, 2.75) is 39.7 Å². The third-order valence-corrected chi connectivity index (χ3v) is 4.22. The van der Waals surface area contributed by atoms with Crippen molar-refractivity contribution in [2.24, 2.45) is 5.92 Å². The molecule has 22 heavy (non-hydrogen) atoms. The van der Waals surface area contributed by atoms with Gasteiger partial charge in [-0.15, -0.1) is 0 Å². The average Bonchev–Trinajstić information content (AvgIpc) is 2.88. The second kappa shape index (κ2) is 8.29. The first kappa shape index (κ1) is 17.0. The predicted octanol–water partition coefficient (Wildman–Crippen LogP) is 1.04. The summed E-state index contributed by atoms with van der Waals surface area (Å²) in [6.45, 7) is 8.52. The highest BCUT2D eigenvalue weighted by Gasteiger charge is 2.19. The van der Waals surface area contributed by atoms with Gasteiger partial charge in [0.2, 0.25) is 0 Å². The zero-order valence-electron chi connectivity index (χ0n) is 13.7. The van der Waals surface area contributed by atoms with Gasteiger partial charge in [0.25, 0.3) is 5.91 Å². The van der Waals surface area contributed by atoms with E-state index in [-0.39, 0.29) is 12.5 Å². The number of carbonyl (C=O) groups is 1. The molecular weight excluding hydrogens is 280 g/mol. The van der Waals surface area contributed by atoms with E-state index < -0.39 is 0 Å². The molecule has 1 amide bonds. The highest BCUT2D eigenvalue weighted by Crippen LogP contribution is 2.15. The van der Waals surface area contributed by atoms with Gasteiger partial charge in [0.15, 0.2) is 0 Å². The number of hydrogen-bond donors (Lipinski definition) is 2. The second-order valence-electron chi connectivity index (χ2n) is 6.14. The second-order valence-corrected chi connectivity index (χ2v) is 6.14. The number of aromatic nitrogens is 2. The van der Waals surface area contributed by atoms with Gasteiger partial charge in [-0.1, -0.05) is 6.92 Å². The van der Waals surface area contributed by atoms with Crippen LogP contribution in [0.5, 0.6) is 0 Å². The van der Waals surface area contributed by atoms with Crippen LogP contribution >= 0.6 is 0 Å². The van der Waals surface area contributed by atoms with Crippen molar-refractivity contribution in [1.82, 2.24) is 20.0 Å². The lowest BCUT2D eigenvalue weighted by Crippen LogP contribution is -2.41. The maximum absolute atomic E-state index is 12.2. The van der Waals surface area contributed by atoms with Crippen molar-refractivity contribution in [3.05, 3.63) is 17.5 Å². The Morgan fingerprint density at radius 2 is 2.32 bits per heavy atom. The van der Waals surface area contributed by atoms with Gasteiger partial charge >= 0.3 is 0 Å². The molecule has 0 radical (unpaired) electrons. The van der Waals surface area contributed by atoms with Crippen LogP contribution in [0.2, 0.25) is 0 Å². The molecule has 2 heterocycles. The van der Waals surface area contributed by atoms with Crippen molar-refractivity contribution in [3.8, 4) is 0 Å².